The summed E-state index contributed by atoms with van der Waals surface area (Å²) in [6.45, 7) is 32.3. The van der Waals surface area contributed by atoms with E-state index in [0.717, 1.165) is 18.8 Å². The first-order chi connectivity index (χ1) is 23.6. The lowest BCUT2D eigenvalue weighted by atomic mass is 9.89. The summed E-state index contributed by atoms with van der Waals surface area (Å²) in [6, 6.07) is 2.79. The van der Waals surface area contributed by atoms with E-state index in [-0.39, 0.29) is 27.6 Å². The van der Waals surface area contributed by atoms with E-state index in [4.69, 9.17) is 4.74 Å². The Balaban J connectivity index is 0.000000242. The maximum atomic E-state index is 11.4. The van der Waals surface area contributed by atoms with Crippen LogP contribution in [0.1, 0.15) is 125 Å². The smallest absolute Gasteiger partial charge is 0.243 e. The molecule has 5 heterocycles. The molecular formula is C41H70N8O3. The Morgan fingerprint density at radius 1 is 0.712 bits per heavy atom. The molecule has 4 aromatic heterocycles. The molecule has 5 rings (SSSR count). The second kappa shape index (κ2) is 17.4. The molecule has 0 spiro atoms. The molecule has 4 aromatic rings. The van der Waals surface area contributed by atoms with E-state index in [9.17, 15) is 9.90 Å². The van der Waals surface area contributed by atoms with Crippen LogP contribution >= 0.6 is 0 Å². The lowest BCUT2D eigenvalue weighted by molar-refractivity contribution is -0.129. The largest absolute Gasteiger partial charge is 0.389 e. The first-order valence-corrected chi connectivity index (χ1v) is 18.3. The van der Waals surface area contributed by atoms with Crippen LogP contribution in [-0.2, 0) is 51.3 Å². The number of ether oxygens (including phenoxy) is 1. The monoisotopic (exact) mass is 723 g/mol. The van der Waals surface area contributed by atoms with Crippen molar-refractivity contribution in [2.45, 2.75) is 143 Å². The third-order valence-electron chi connectivity index (χ3n) is 8.54. The van der Waals surface area contributed by atoms with Crippen LogP contribution < -0.4 is 0 Å². The van der Waals surface area contributed by atoms with E-state index in [1.165, 1.54) is 16.7 Å². The summed E-state index contributed by atoms with van der Waals surface area (Å²) >= 11 is 0. The van der Waals surface area contributed by atoms with Gasteiger partial charge in [-0.05, 0) is 63.8 Å². The number of rotatable bonds is 5. The number of carbonyl (C=O) groups excluding carboxylic acids is 1. The Bertz CT molecular complexity index is 1650. The van der Waals surface area contributed by atoms with E-state index in [1.54, 1.807) is 42.2 Å². The molecule has 0 aliphatic carbocycles. The molecule has 0 atom stereocenters. The summed E-state index contributed by atoms with van der Waals surface area (Å²) in [5, 5.41) is 22.1. The molecule has 0 bridgehead atoms. The zero-order valence-corrected chi connectivity index (χ0v) is 35.4. The summed E-state index contributed by atoms with van der Waals surface area (Å²) in [4.78, 5) is 13.0. The minimum Gasteiger partial charge on any atom is -0.389 e. The fourth-order valence-corrected chi connectivity index (χ4v) is 4.64. The lowest BCUT2D eigenvalue weighted by Gasteiger charge is -2.27. The van der Waals surface area contributed by atoms with Gasteiger partial charge in [0.05, 0.1) is 50.0 Å². The van der Waals surface area contributed by atoms with E-state index >= 15 is 0 Å². The van der Waals surface area contributed by atoms with Crippen LogP contribution in [0.4, 0.5) is 0 Å². The third kappa shape index (κ3) is 15.1. The number of hydrogen-bond donors (Lipinski definition) is 1. The van der Waals surface area contributed by atoms with Gasteiger partial charge in [-0.2, -0.15) is 15.3 Å². The van der Waals surface area contributed by atoms with Crippen molar-refractivity contribution in [2.75, 3.05) is 27.3 Å². The van der Waals surface area contributed by atoms with Crippen molar-refractivity contribution in [3.05, 3.63) is 77.9 Å². The minimum absolute atomic E-state index is 0.0542. The van der Waals surface area contributed by atoms with E-state index < -0.39 is 5.60 Å². The Morgan fingerprint density at radius 2 is 1.15 bits per heavy atom. The quantitative estimate of drug-likeness (QED) is 0.232. The van der Waals surface area contributed by atoms with Crippen LogP contribution in [0.5, 0.6) is 0 Å². The van der Waals surface area contributed by atoms with Gasteiger partial charge in [0.25, 0.3) is 0 Å². The SMILES string of the molecule is CC(C)(C)c1ccn(C2COC2)c1.CC(C)(O)Cn1cc(C(C)(C)C)cn1.CN(C)C(=O)Cn1cc(C(C)(C)C)cn1.Cn1cc(C(C)(C)C)cn1. The molecule has 1 N–H and O–H groups in total. The number of carbonyl (C=O) groups is 1. The summed E-state index contributed by atoms with van der Waals surface area (Å²) in [6.07, 6.45) is 16.0. The number of aliphatic hydroxyl groups is 1. The third-order valence-corrected chi connectivity index (χ3v) is 8.54. The van der Waals surface area contributed by atoms with Gasteiger partial charge < -0.3 is 19.3 Å². The molecule has 0 saturated carbocycles. The minimum atomic E-state index is -0.707. The molecular weight excluding hydrogens is 653 g/mol. The second-order valence-electron chi connectivity index (χ2n) is 18.9. The molecule has 0 aromatic carbocycles. The summed E-state index contributed by atoms with van der Waals surface area (Å²) in [5.41, 5.74) is 5.02. The van der Waals surface area contributed by atoms with Crippen LogP contribution in [0.15, 0.2) is 55.6 Å². The van der Waals surface area contributed by atoms with Gasteiger partial charge in [0.15, 0.2) is 0 Å². The molecule has 1 saturated heterocycles. The lowest BCUT2D eigenvalue weighted by Crippen LogP contribution is -2.29. The van der Waals surface area contributed by atoms with Crippen LogP contribution in [0.25, 0.3) is 0 Å². The predicted molar refractivity (Wildman–Crippen MR) is 212 cm³/mol. The average Bonchev–Trinajstić information content (AvgIpc) is 3.74. The van der Waals surface area contributed by atoms with E-state index in [1.807, 2.05) is 42.7 Å². The molecule has 52 heavy (non-hydrogen) atoms. The zero-order chi connectivity index (χ0) is 39.9. The standard InChI is InChI=1S/C11H19N3O.C11H20N2O.C11H17NO.C8H14N2/c1-11(2,3)9-6-12-14(7-9)8-10(15)13(4)5;1-10(2,3)9-6-12-13(7-9)8-11(4,5)14;1-11(2,3)9-4-5-12(6-9)10-7-13-8-10;1-8(2,3)7-5-9-10(4)6-7/h6-7H,8H2,1-5H3;6-7,14H,8H2,1-5H3;4-6,10H,7-8H2,1-3H3;5-6H,1-4H3. The zero-order valence-electron chi connectivity index (χ0n) is 35.4. The van der Waals surface area contributed by atoms with Crippen molar-refractivity contribution in [2.24, 2.45) is 7.05 Å². The second-order valence-corrected chi connectivity index (χ2v) is 18.9. The number of aryl methyl sites for hydroxylation is 1. The number of likely N-dealkylation sites (N-methyl/N-ethyl adjacent to an activating group) is 1. The Labute approximate surface area is 314 Å². The summed E-state index contributed by atoms with van der Waals surface area (Å²) in [7, 11) is 5.43. The van der Waals surface area contributed by atoms with E-state index in [0.29, 0.717) is 19.1 Å². The summed E-state index contributed by atoms with van der Waals surface area (Å²) in [5.74, 6) is 0.0542. The Morgan fingerprint density at radius 3 is 1.48 bits per heavy atom. The number of hydrogen-bond acceptors (Lipinski definition) is 6. The molecule has 1 amide bonds. The van der Waals surface area contributed by atoms with Gasteiger partial charge in [0.1, 0.15) is 6.54 Å². The van der Waals surface area contributed by atoms with Crippen molar-refractivity contribution in [1.82, 2.24) is 38.8 Å². The maximum absolute atomic E-state index is 11.4. The topological polar surface area (TPSA) is 108 Å². The van der Waals surface area contributed by atoms with Crippen molar-refractivity contribution in [3.8, 4) is 0 Å². The highest BCUT2D eigenvalue weighted by Crippen LogP contribution is 2.26. The Hall–Kier alpha value is -3.70. The van der Waals surface area contributed by atoms with Gasteiger partial charge in [-0.15, -0.1) is 0 Å². The first kappa shape index (κ1) is 44.5. The van der Waals surface area contributed by atoms with Gasteiger partial charge in [-0.1, -0.05) is 83.1 Å². The van der Waals surface area contributed by atoms with Gasteiger partial charge in [0.2, 0.25) is 5.91 Å². The fraction of sp³-hybridized carbons (Fsp3) is 0.659. The number of amides is 1. The molecule has 11 nitrogen and oxygen atoms in total. The molecule has 1 aliphatic rings. The fourth-order valence-electron chi connectivity index (χ4n) is 4.64. The average molecular weight is 723 g/mol. The van der Waals surface area contributed by atoms with Crippen molar-refractivity contribution >= 4 is 5.91 Å². The Kier molecular flexibility index (Phi) is 14.9. The predicted octanol–water partition coefficient (Wildman–Crippen LogP) is 7.29. The molecule has 0 unspecified atom stereocenters. The van der Waals surface area contributed by atoms with E-state index in [2.05, 4.69) is 128 Å². The normalized spacial score (nSPS) is 13.9. The van der Waals surface area contributed by atoms with Crippen molar-refractivity contribution in [3.63, 3.8) is 0 Å². The molecule has 11 heteroatoms. The van der Waals surface area contributed by atoms with Crippen molar-refractivity contribution in [1.29, 1.82) is 0 Å². The summed E-state index contributed by atoms with van der Waals surface area (Å²) < 4.78 is 12.7. The van der Waals surface area contributed by atoms with Crippen LogP contribution in [0, 0.1) is 0 Å². The highest BCUT2D eigenvalue weighted by molar-refractivity contribution is 5.75. The van der Waals surface area contributed by atoms with Crippen molar-refractivity contribution < 1.29 is 14.6 Å². The molecule has 1 fully saturated rings. The van der Waals surface area contributed by atoms with Crippen LogP contribution in [0.3, 0.4) is 0 Å². The van der Waals surface area contributed by atoms with Gasteiger partial charge in [-0.25, -0.2) is 0 Å². The molecule has 292 valence electrons. The maximum Gasteiger partial charge on any atom is 0.243 e. The highest BCUT2D eigenvalue weighted by Gasteiger charge is 2.23. The molecule has 1 aliphatic heterocycles. The highest BCUT2D eigenvalue weighted by atomic mass is 16.5. The number of aromatic nitrogens is 7. The van der Waals surface area contributed by atoms with Gasteiger partial charge in [0, 0.05) is 52.1 Å². The van der Waals surface area contributed by atoms with Crippen LogP contribution in [0.2, 0.25) is 0 Å². The molecule has 0 radical (unpaired) electrons. The first-order valence-electron chi connectivity index (χ1n) is 18.3. The van der Waals surface area contributed by atoms with Gasteiger partial charge >= 0.3 is 0 Å². The van der Waals surface area contributed by atoms with Crippen LogP contribution in [-0.4, -0.2) is 82.7 Å². The van der Waals surface area contributed by atoms with Gasteiger partial charge in [-0.3, -0.25) is 18.8 Å². The number of nitrogens with zero attached hydrogens (tertiary/aromatic N) is 8.